The number of aromatic nitrogens is 2. The molecule has 1 N–H and O–H groups in total. The van der Waals surface area contributed by atoms with Crippen molar-refractivity contribution in [2.24, 2.45) is 0 Å². The van der Waals surface area contributed by atoms with E-state index in [1.807, 2.05) is 66.4 Å². The van der Waals surface area contributed by atoms with Gasteiger partial charge in [0, 0.05) is 16.9 Å². The first-order chi connectivity index (χ1) is 16.5. The zero-order chi connectivity index (χ0) is 23.7. The Labute approximate surface area is 201 Å². The van der Waals surface area contributed by atoms with Crippen molar-refractivity contribution in [3.05, 3.63) is 102 Å². The van der Waals surface area contributed by atoms with Crippen LogP contribution in [0.5, 0.6) is 5.75 Å². The SMILES string of the molecule is COc1ccc(-c2noc(C3=C(C)N(c4ccccc4)C(=S)NC3c3ccc(F)cc3)n2)cc1. The normalized spacial score (nSPS) is 15.9. The van der Waals surface area contributed by atoms with Gasteiger partial charge in [0.05, 0.1) is 18.7 Å². The van der Waals surface area contributed by atoms with Gasteiger partial charge >= 0.3 is 0 Å². The second-order valence-corrected chi connectivity index (χ2v) is 8.14. The van der Waals surface area contributed by atoms with Gasteiger partial charge in [0.2, 0.25) is 5.82 Å². The molecule has 0 amide bonds. The second-order valence-electron chi connectivity index (χ2n) is 7.76. The third kappa shape index (κ3) is 4.04. The summed E-state index contributed by atoms with van der Waals surface area (Å²) < 4.78 is 24.6. The first kappa shape index (κ1) is 21.8. The molecule has 8 heteroatoms. The lowest BCUT2D eigenvalue weighted by Gasteiger charge is -2.37. The van der Waals surface area contributed by atoms with Gasteiger partial charge in [-0.2, -0.15) is 4.98 Å². The highest BCUT2D eigenvalue weighted by atomic mass is 32.1. The van der Waals surface area contributed by atoms with Gasteiger partial charge in [0.1, 0.15) is 11.6 Å². The van der Waals surface area contributed by atoms with E-state index in [9.17, 15) is 4.39 Å². The molecule has 1 aliphatic rings. The summed E-state index contributed by atoms with van der Waals surface area (Å²) in [5.74, 6) is 1.24. The summed E-state index contributed by atoms with van der Waals surface area (Å²) in [5, 5.41) is 8.11. The van der Waals surface area contributed by atoms with Crippen molar-refractivity contribution < 1.29 is 13.7 Å². The molecule has 0 saturated heterocycles. The van der Waals surface area contributed by atoms with Crippen LogP contribution in [-0.4, -0.2) is 22.4 Å². The van der Waals surface area contributed by atoms with E-state index < -0.39 is 6.04 Å². The van der Waals surface area contributed by atoms with Crippen molar-refractivity contribution in [1.29, 1.82) is 0 Å². The van der Waals surface area contributed by atoms with Gasteiger partial charge in [-0.05, 0) is 73.2 Å². The van der Waals surface area contributed by atoms with Crippen LogP contribution >= 0.6 is 12.2 Å². The molecule has 0 saturated carbocycles. The maximum Gasteiger partial charge on any atom is 0.258 e. The third-order valence-electron chi connectivity index (χ3n) is 5.71. The lowest BCUT2D eigenvalue weighted by Crippen LogP contribution is -2.46. The highest BCUT2D eigenvalue weighted by Gasteiger charge is 2.34. The lowest BCUT2D eigenvalue weighted by molar-refractivity contribution is 0.404. The molecule has 34 heavy (non-hydrogen) atoms. The van der Waals surface area contributed by atoms with Crippen LogP contribution in [-0.2, 0) is 0 Å². The van der Waals surface area contributed by atoms with Crippen molar-refractivity contribution in [3.63, 3.8) is 0 Å². The number of thiocarbonyl (C=S) groups is 1. The number of nitrogens with one attached hydrogen (secondary N) is 1. The first-order valence-electron chi connectivity index (χ1n) is 10.7. The van der Waals surface area contributed by atoms with Gasteiger partial charge in [0.15, 0.2) is 5.11 Å². The number of hydrogen-bond acceptors (Lipinski definition) is 5. The topological polar surface area (TPSA) is 63.4 Å². The molecule has 0 bridgehead atoms. The summed E-state index contributed by atoms with van der Waals surface area (Å²) in [6.07, 6.45) is 0. The van der Waals surface area contributed by atoms with Crippen LogP contribution in [0.1, 0.15) is 24.4 Å². The van der Waals surface area contributed by atoms with Crippen molar-refractivity contribution in [1.82, 2.24) is 15.5 Å². The number of halogens is 1. The minimum absolute atomic E-state index is 0.310. The zero-order valence-corrected chi connectivity index (χ0v) is 19.3. The minimum atomic E-state index is -0.391. The lowest BCUT2D eigenvalue weighted by atomic mass is 9.94. The van der Waals surface area contributed by atoms with Gasteiger partial charge < -0.3 is 14.6 Å². The Balaban J connectivity index is 1.62. The molecule has 5 rings (SSSR count). The van der Waals surface area contributed by atoms with Crippen LogP contribution in [0.15, 0.2) is 89.1 Å². The number of allylic oxidation sites excluding steroid dienone is 1. The molecule has 1 aliphatic heterocycles. The van der Waals surface area contributed by atoms with E-state index in [1.54, 1.807) is 19.2 Å². The minimum Gasteiger partial charge on any atom is -0.497 e. The molecular weight excluding hydrogens is 451 g/mol. The molecule has 0 radical (unpaired) electrons. The Kier molecular flexibility index (Phi) is 5.81. The molecule has 4 aromatic rings. The van der Waals surface area contributed by atoms with Crippen molar-refractivity contribution in [2.45, 2.75) is 13.0 Å². The van der Waals surface area contributed by atoms with Crippen LogP contribution in [0.2, 0.25) is 0 Å². The van der Waals surface area contributed by atoms with E-state index in [0.717, 1.165) is 33.8 Å². The Hall–Kier alpha value is -4.04. The number of anilines is 1. The van der Waals surface area contributed by atoms with Crippen LogP contribution in [0.25, 0.3) is 17.0 Å². The van der Waals surface area contributed by atoms with Crippen LogP contribution in [0.4, 0.5) is 10.1 Å². The molecule has 1 unspecified atom stereocenters. The molecular formula is C26H21FN4O2S. The zero-order valence-electron chi connectivity index (χ0n) is 18.5. The maximum absolute atomic E-state index is 13.6. The summed E-state index contributed by atoms with van der Waals surface area (Å²) >= 11 is 5.73. The molecule has 170 valence electrons. The van der Waals surface area contributed by atoms with E-state index in [1.165, 1.54) is 12.1 Å². The second kappa shape index (κ2) is 9.07. The predicted octanol–water partition coefficient (Wildman–Crippen LogP) is 5.75. The molecule has 0 spiro atoms. The first-order valence-corrected chi connectivity index (χ1v) is 11.1. The summed E-state index contributed by atoms with van der Waals surface area (Å²) in [7, 11) is 1.62. The molecule has 3 aromatic carbocycles. The third-order valence-corrected chi connectivity index (χ3v) is 6.01. The fourth-order valence-electron chi connectivity index (χ4n) is 4.00. The predicted molar refractivity (Wildman–Crippen MR) is 133 cm³/mol. The largest absolute Gasteiger partial charge is 0.497 e. The summed E-state index contributed by atoms with van der Waals surface area (Å²) in [6, 6.07) is 23.1. The number of nitrogens with zero attached hydrogens (tertiary/aromatic N) is 3. The quantitative estimate of drug-likeness (QED) is 0.371. The van der Waals surface area contributed by atoms with E-state index >= 15 is 0 Å². The van der Waals surface area contributed by atoms with Crippen molar-refractivity contribution in [3.8, 4) is 17.1 Å². The fourth-order valence-corrected chi connectivity index (χ4v) is 4.36. The monoisotopic (exact) mass is 472 g/mol. The maximum atomic E-state index is 13.6. The van der Waals surface area contributed by atoms with Gasteiger partial charge in [0.25, 0.3) is 5.89 Å². The van der Waals surface area contributed by atoms with E-state index in [2.05, 4.69) is 10.5 Å². The Morgan fingerprint density at radius 1 is 1.00 bits per heavy atom. The van der Waals surface area contributed by atoms with Crippen molar-refractivity contribution >= 4 is 28.6 Å². The molecule has 1 aromatic heterocycles. The summed E-state index contributed by atoms with van der Waals surface area (Å²) in [6.45, 7) is 1.96. The van der Waals surface area contributed by atoms with Gasteiger partial charge in [-0.1, -0.05) is 35.5 Å². The summed E-state index contributed by atoms with van der Waals surface area (Å²) in [5.41, 5.74) is 4.13. The summed E-state index contributed by atoms with van der Waals surface area (Å²) in [4.78, 5) is 6.63. The molecule has 6 nitrogen and oxygen atoms in total. The highest BCUT2D eigenvalue weighted by Crippen LogP contribution is 2.39. The Bertz CT molecular complexity index is 1350. The van der Waals surface area contributed by atoms with Crippen LogP contribution in [0.3, 0.4) is 0 Å². The van der Waals surface area contributed by atoms with E-state index in [-0.39, 0.29) is 5.82 Å². The van der Waals surface area contributed by atoms with Gasteiger partial charge in [-0.25, -0.2) is 4.39 Å². The van der Waals surface area contributed by atoms with Crippen molar-refractivity contribution in [2.75, 3.05) is 12.0 Å². The number of para-hydroxylation sites is 1. The standard InChI is InChI=1S/C26H21FN4O2S/c1-16-22(25-29-24(30-33-25)18-10-14-21(32-2)15-11-18)23(17-8-12-19(27)13-9-17)28-26(34)31(16)20-6-4-3-5-7-20/h3-15,23H,1-2H3,(H,28,34). The smallest absolute Gasteiger partial charge is 0.258 e. The Morgan fingerprint density at radius 2 is 1.71 bits per heavy atom. The number of rotatable bonds is 5. The van der Waals surface area contributed by atoms with Crippen LogP contribution < -0.4 is 15.0 Å². The average molecular weight is 473 g/mol. The number of ether oxygens (including phenoxy) is 1. The molecule has 1 atom stereocenters. The van der Waals surface area contributed by atoms with Crippen LogP contribution in [0, 0.1) is 5.82 Å². The molecule has 2 heterocycles. The van der Waals surface area contributed by atoms with E-state index in [4.69, 9.17) is 26.5 Å². The highest BCUT2D eigenvalue weighted by molar-refractivity contribution is 7.80. The average Bonchev–Trinajstić information content (AvgIpc) is 3.34. The van der Waals surface area contributed by atoms with Gasteiger partial charge in [-0.15, -0.1) is 0 Å². The number of methoxy groups -OCH3 is 1. The Morgan fingerprint density at radius 3 is 2.38 bits per heavy atom. The van der Waals surface area contributed by atoms with E-state index in [0.29, 0.717) is 16.8 Å². The number of benzene rings is 3. The molecule has 0 fully saturated rings. The van der Waals surface area contributed by atoms with Gasteiger partial charge in [-0.3, -0.25) is 4.90 Å². The fraction of sp³-hybridized carbons (Fsp3) is 0.115. The number of hydrogen-bond donors (Lipinski definition) is 1. The molecule has 0 aliphatic carbocycles.